The van der Waals surface area contributed by atoms with E-state index in [0.717, 1.165) is 55.3 Å². The Kier molecular flexibility index (Phi) is 6.12. The zero-order valence-corrected chi connectivity index (χ0v) is 15.1. The molecule has 0 radical (unpaired) electrons. The molecule has 2 heterocycles. The Balaban J connectivity index is 1.47. The average Bonchev–Trinajstić information content (AvgIpc) is 2.96. The number of quaternary nitrogens is 1. The second-order valence-corrected chi connectivity index (χ2v) is 7.08. The van der Waals surface area contributed by atoms with E-state index in [9.17, 15) is 0 Å². The Labute approximate surface area is 147 Å². The quantitative estimate of drug-likeness (QED) is 0.746. The number of aryl methyl sites for hydroxylation is 1. The Morgan fingerprint density at radius 3 is 2.71 bits per heavy atom. The van der Waals surface area contributed by atoms with Crippen molar-refractivity contribution in [1.29, 1.82) is 0 Å². The molecule has 1 N–H and O–H groups in total. The standard InChI is InChI=1S/C17H24N4O2S/c1-14-3-5-15(6-4-14)23-13-16-18-19-17(20(16)2)24-12-9-21-7-10-22-11-8-21/h3-6H,7-13H2,1-2H3/p+1. The van der Waals surface area contributed by atoms with Crippen LogP contribution in [0.3, 0.4) is 0 Å². The lowest BCUT2D eigenvalue weighted by molar-refractivity contribution is -0.905. The molecule has 3 rings (SSSR count). The number of thioether (sulfide) groups is 1. The third-order valence-electron chi connectivity index (χ3n) is 4.20. The molecule has 7 heteroatoms. The summed E-state index contributed by atoms with van der Waals surface area (Å²) in [4.78, 5) is 1.61. The Morgan fingerprint density at radius 1 is 1.21 bits per heavy atom. The van der Waals surface area contributed by atoms with Crippen LogP contribution in [0.15, 0.2) is 29.4 Å². The predicted molar refractivity (Wildman–Crippen MR) is 93.6 cm³/mol. The molecular formula is C17H25N4O2S+. The van der Waals surface area contributed by atoms with Crippen molar-refractivity contribution in [3.05, 3.63) is 35.7 Å². The number of ether oxygens (including phenoxy) is 2. The maximum Gasteiger partial charge on any atom is 0.191 e. The largest absolute Gasteiger partial charge is 0.486 e. The fourth-order valence-corrected chi connectivity index (χ4v) is 3.55. The van der Waals surface area contributed by atoms with Crippen LogP contribution < -0.4 is 9.64 Å². The lowest BCUT2D eigenvalue weighted by Crippen LogP contribution is -3.14. The Morgan fingerprint density at radius 2 is 1.96 bits per heavy atom. The maximum absolute atomic E-state index is 5.79. The highest BCUT2D eigenvalue weighted by molar-refractivity contribution is 7.99. The van der Waals surface area contributed by atoms with Crippen molar-refractivity contribution in [2.45, 2.75) is 18.7 Å². The van der Waals surface area contributed by atoms with Gasteiger partial charge in [0.25, 0.3) is 0 Å². The summed E-state index contributed by atoms with van der Waals surface area (Å²) < 4.78 is 13.2. The molecule has 24 heavy (non-hydrogen) atoms. The fourth-order valence-electron chi connectivity index (χ4n) is 2.58. The molecule has 1 aliphatic heterocycles. The van der Waals surface area contributed by atoms with E-state index in [-0.39, 0.29) is 0 Å². The first-order valence-electron chi connectivity index (χ1n) is 8.34. The highest BCUT2D eigenvalue weighted by Crippen LogP contribution is 2.17. The van der Waals surface area contributed by atoms with Crippen LogP contribution in [0.25, 0.3) is 0 Å². The van der Waals surface area contributed by atoms with Gasteiger partial charge in [-0.3, -0.25) is 0 Å². The highest BCUT2D eigenvalue weighted by atomic mass is 32.2. The van der Waals surface area contributed by atoms with Crippen molar-refractivity contribution in [3.8, 4) is 5.75 Å². The predicted octanol–water partition coefficient (Wildman–Crippen LogP) is 0.710. The maximum atomic E-state index is 5.79. The number of nitrogens with zero attached hydrogens (tertiary/aromatic N) is 3. The summed E-state index contributed by atoms with van der Waals surface area (Å²) in [5.74, 6) is 2.74. The molecule has 0 bridgehead atoms. The van der Waals surface area contributed by atoms with Crippen LogP contribution in [-0.4, -0.2) is 53.4 Å². The monoisotopic (exact) mass is 349 g/mol. The summed E-state index contributed by atoms with van der Waals surface area (Å²) >= 11 is 1.76. The van der Waals surface area contributed by atoms with E-state index in [1.54, 1.807) is 16.7 Å². The number of morpholine rings is 1. The van der Waals surface area contributed by atoms with E-state index in [2.05, 4.69) is 17.1 Å². The van der Waals surface area contributed by atoms with Gasteiger partial charge in [-0.25, -0.2) is 0 Å². The summed E-state index contributed by atoms with van der Waals surface area (Å²) in [7, 11) is 2.00. The molecule has 1 fully saturated rings. The van der Waals surface area contributed by atoms with Gasteiger partial charge < -0.3 is 18.9 Å². The number of hydrogen-bond acceptors (Lipinski definition) is 5. The Bertz CT molecular complexity index is 639. The van der Waals surface area contributed by atoms with Gasteiger partial charge in [-0.15, -0.1) is 10.2 Å². The molecule has 1 saturated heterocycles. The summed E-state index contributed by atoms with van der Waals surface area (Å²) in [5.41, 5.74) is 1.22. The molecule has 0 atom stereocenters. The minimum atomic E-state index is 0.432. The number of aromatic nitrogens is 3. The van der Waals surface area contributed by atoms with Crippen molar-refractivity contribution in [2.75, 3.05) is 38.6 Å². The smallest absolute Gasteiger partial charge is 0.191 e. The molecule has 1 aromatic carbocycles. The van der Waals surface area contributed by atoms with Crippen LogP contribution in [0.5, 0.6) is 5.75 Å². The summed E-state index contributed by atoms with van der Waals surface area (Å²) in [6.07, 6.45) is 0. The summed E-state index contributed by atoms with van der Waals surface area (Å²) in [5, 5.41) is 9.49. The van der Waals surface area contributed by atoms with Gasteiger partial charge in [-0.05, 0) is 19.1 Å². The average molecular weight is 349 g/mol. The van der Waals surface area contributed by atoms with Crippen molar-refractivity contribution in [1.82, 2.24) is 14.8 Å². The van der Waals surface area contributed by atoms with E-state index < -0.39 is 0 Å². The van der Waals surface area contributed by atoms with E-state index >= 15 is 0 Å². The first-order valence-corrected chi connectivity index (χ1v) is 9.33. The zero-order valence-electron chi connectivity index (χ0n) is 14.3. The van der Waals surface area contributed by atoms with Crippen molar-refractivity contribution >= 4 is 11.8 Å². The van der Waals surface area contributed by atoms with Crippen molar-refractivity contribution < 1.29 is 14.4 Å². The molecule has 1 aromatic heterocycles. The van der Waals surface area contributed by atoms with Crippen LogP contribution in [0.4, 0.5) is 0 Å². The second-order valence-electron chi connectivity index (χ2n) is 6.02. The van der Waals surface area contributed by atoms with Gasteiger partial charge in [-0.2, -0.15) is 0 Å². The minimum absolute atomic E-state index is 0.432. The highest BCUT2D eigenvalue weighted by Gasteiger charge is 2.15. The molecule has 0 saturated carbocycles. The van der Waals surface area contributed by atoms with Crippen LogP contribution >= 0.6 is 11.8 Å². The summed E-state index contributed by atoms with van der Waals surface area (Å²) in [6.45, 7) is 7.60. The van der Waals surface area contributed by atoms with Crippen LogP contribution in [0.2, 0.25) is 0 Å². The van der Waals surface area contributed by atoms with Gasteiger partial charge in [0.15, 0.2) is 11.0 Å². The minimum Gasteiger partial charge on any atom is -0.486 e. The van der Waals surface area contributed by atoms with E-state index in [0.29, 0.717) is 6.61 Å². The van der Waals surface area contributed by atoms with Gasteiger partial charge in [0, 0.05) is 7.05 Å². The lowest BCUT2D eigenvalue weighted by atomic mass is 10.2. The molecule has 1 aliphatic rings. The first-order chi connectivity index (χ1) is 11.7. The molecule has 0 unspecified atom stereocenters. The van der Waals surface area contributed by atoms with Gasteiger partial charge in [0.05, 0.1) is 25.5 Å². The van der Waals surface area contributed by atoms with Gasteiger partial charge in [0.1, 0.15) is 25.4 Å². The molecule has 2 aromatic rings. The van der Waals surface area contributed by atoms with Gasteiger partial charge in [0.2, 0.25) is 0 Å². The molecule has 6 nitrogen and oxygen atoms in total. The van der Waals surface area contributed by atoms with Gasteiger partial charge >= 0.3 is 0 Å². The molecular weight excluding hydrogens is 324 g/mol. The fraction of sp³-hybridized carbons (Fsp3) is 0.529. The SMILES string of the molecule is Cc1ccc(OCc2nnc(SCC[NH+]3CCOCC3)n2C)cc1. The lowest BCUT2D eigenvalue weighted by Gasteiger charge is -2.23. The van der Waals surface area contributed by atoms with E-state index in [1.165, 1.54) is 5.56 Å². The molecule has 0 aliphatic carbocycles. The number of hydrogen-bond donors (Lipinski definition) is 1. The topological polar surface area (TPSA) is 53.6 Å². The summed E-state index contributed by atoms with van der Waals surface area (Å²) in [6, 6.07) is 8.04. The van der Waals surface area contributed by atoms with Gasteiger partial charge in [-0.1, -0.05) is 29.5 Å². The first kappa shape index (κ1) is 17.3. The molecule has 0 amide bonds. The third-order valence-corrected chi connectivity index (χ3v) is 5.22. The molecule has 130 valence electrons. The van der Waals surface area contributed by atoms with E-state index in [4.69, 9.17) is 9.47 Å². The van der Waals surface area contributed by atoms with Crippen molar-refractivity contribution in [3.63, 3.8) is 0 Å². The molecule has 0 spiro atoms. The van der Waals surface area contributed by atoms with Crippen LogP contribution in [0, 0.1) is 6.92 Å². The van der Waals surface area contributed by atoms with Crippen molar-refractivity contribution in [2.24, 2.45) is 7.05 Å². The number of nitrogens with one attached hydrogen (secondary N) is 1. The normalized spacial score (nSPS) is 15.6. The second kappa shape index (κ2) is 8.50. The number of benzene rings is 1. The third kappa shape index (κ3) is 4.72. The van der Waals surface area contributed by atoms with E-state index in [1.807, 2.05) is 35.9 Å². The van der Waals surface area contributed by atoms with Crippen LogP contribution in [0.1, 0.15) is 11.4 Å². The zero-order chi connectivity index (χ0) is 16.8. The Hall–Kier alpha value is -1.57. The van der Waals surface area contributed by atoms with Crippen LogP contribution in [-0.2, 0) is 18.4 Å². The number of rotatable bonds is 7.